The van der Waals surface area contributed by atoms with Crippen molar-refractivity contribution in [2.45, 2.75) is 6.54 Å². The Labute approximate surface area is 101 Å². The van der Waals surface area contributed by atoms with Crippen LogP contribution in [0.5, 0.6) is 0 Å². The van der Waals surface area contributed by atoms with Crippen LogP contribution in [0.25, 0.3) is 11.0 Å². The van der Waals surface area contributed by atoms with E-state index >= 15 is 0 Å². The molecule has 2 rings (SSSR count). The molecular formula is C10H9BrClNO2. The fraction of sp³-hybridized carbons (Fsp3) is 0.100. The molecule has 3 nitrogen and oxygen atoms in total. The van der Waals surface area contributed by atoms with E-state index in [4.69, 9.17) is 10.2 Å². The molecule has 80 valence electrons. The molecule has 0 amide bonds. The molecule has 0 aliphatic carbocycles. The molecule has 0 aliphatic rings. The quantitative estimate of drug-likeness (QED) is 0.877. The lowest BCUT2D eigenvalue weighted by molar-refractivity contribution is 0.539. The van der Waals surface area contributed by atoms with Crippen LogP contribution in [-0.2, 0) is 6.54 Å². The molecule has 0 aliphatic heterocycles. The minimum absolute atomic E-state index is 0. The number of halogens is 2. The van der Waals surface area contributed by atoms with Crippen LogP contribution in [-0.4, -0.2) is 0 Å². The van der Waals surface area contributed by atoms with Crippen molar-refractivity contribution in [1.82, 2.24) is 0 Å². The zero-order chi connectivity index (χ0) is 10.1. The first-order chi connectivity index (χ1) is 6.70. The highest BCUT2D eigenvalue weighted by atomic mass is 79.9. The van der Waals surface area contributed by atoms with Crippen LogP contribution in [0.15, 0.2) is 37.9 Å². The fourth-order valence-corrected chi connectivity index (χ4v) is 1.64. The van der Waals surface area contributed by atoms with Crippen LogP contribution in [0.1, 0.15) is 5.76 Å². The van der Waals surface area contributed by atoms with Crippen LogP contribution in [0, 0.1) is 0 Å². The lowest BCUT2D eigenvalue weighted by Crippen LogP contribution is -2.05. The van der Waals surface area contributed by atoms with Crippen molar-refractivity contribution in [3.8, 4) is 0 Å². The molecule has 0 unspecified atom stereocenters. The second kappa shape index (κ2) is 4.79. The first kappa shape index (κ1) is 12.2. The summed E-state index contributed by atoms with van der Waals surface area (Å²) in [5.74, 6) is 0.504. The number of hydrogen-bond donors (Lipinski definition) is 1. The summed E-state index contributed by atoms with van der Waals surface area (Å²) in [6, 6.07) is 6.74. The molecule has 0 atom stereocenters. The van der Waals surface area contributed by atoms with E-state index in [-0.39, 0.29) is 24.4 Å². The maximum Gasteiger partial charge on any atom is 0.193 e. The van der Waals surface area contributed by atoms with Gasteiger partial charge in [0.1, 0.15) is 11.3 Å². The SMILES string of the molecule is Cl.NCc1cc(=O)c2cc(Br)ccc2o1. The fourth-order valence-electron chi connectivity index (χ4n) is 1.28. The van der Waals surface area contributed by atoms with E-state index in [0.29, 0.717) is 16.7 Å². The number of benzene rings is 1. The third-order valence-electron chi connectivity index (χ3n) is 1.94. The lowest BCUT2D eigenvalue weighted by Gasteiger charge is -2.00. The van der Waals surface area contributed by atoms with Gasteiger partial charge in [-0.05, 0) is 18.2 Å². The van der Waals surface area contributed by atoms with E-state index in [1.807, 2.05) is 6.07 Å². The van der Waals surface area contributed by atoms with E-state index in [1.165, 1.54) is 6.07 Å². The molecule has 2 N–H and O–H groups in total. The highest BCUT2D eigenvalue weighted by molar-refractivity contribution is 9.10. The van der Waals surface area contributed by atoms with Crippen molar-refractivity contribution in [3.63, 3.8) is 0 Å². The third kappa shape index (κ3) is 2.40. The zero-order valence-corrected chi connectivity index (χ0v) is 10.1. The summed E-state index contributed by atoms with van der Waals surface area (Å²) in [4.78, 5) is 11.6. The number of rotatable bonds is 1. The van der Waals surface area contributed by atoms with Crippen molar-refractivity contribution in [1.29, 1.82) is 0 Å². The molecule has 1 aromatic carbocycles. The van der Waals surface area contributed by atoms with Crippen LogP contribution in [0.2, 0.25) is 0 Å². The molecule has 0 saturated heterocycles. The van der Waals surface area contributed by atoms with Gasteiger partial charge in [-0.25, -0.2) is 0 Å². The summed E-state index contributed by atoms with van der Waals surface area (Å²) in [5, 5.41) is 0.566. The summed E-state index contributed by atoms with van der Waals surface area (Å²) in [5.41, 5.74) is 5.91. The topological polar surface area (TPSA) is 56.2 Å². The molecular weight excluding hydrogens is 281 g/mol. The summed E-state index contributed by atoms with van der Waals surface area (Å²) in [7, 11) is 0. The van der Waals surface area contributed by atoms with Gasteiger partial charge in [-0.1, -0.05) is 15.9 Å². The molecule has 0 saturated carbocycles. The van der Waals surface area contributed by atoms with Gasteiger partial charge in [0.15, 0.2) is 5.43 Å². The van der Waals surface area contributed by atoms with Gasteiger partial charge >= 0.3 is 0 Å². The van der Waals surface area contributed by atoms with Gasteiger partial charge in [0.25, 0.3) is 0 Å². The van der Waals surface area contributed by atoms with Crippen molar-refractivity contribution in [2.75, 3.05) is 0 Å². The first-order valence-corrected chi connectivity index (χ1v) is 4.92. The van der Waals surface area contributed by atoms with E-state index < -0.39 is 0 Å². The van der Waals surface area contributed by atoms with Crippen LogP contribution in [0.4, 0.5) is 0 Å². The van der Waals surface area contributed by atoms with Crippen LogP contribution < -0.4 is 11.2 Å². The molecule has 0 radical (unpaired) electrons. The second-order valence-corrected chi connectivity index (χ2v) is 3.84. The summed E-state index contributed by atoms with van der Waals surface area (Å²) >= 11 is 3.30. The van der Waals surface area contributed by atoms with E-state index in [1.54, 1.807) is 12.1 Å². The largest absolute Gasteiger partial charge is 0.459 e. The normalized spacial score (nSPS) is 10.0. The van der Waals surface area contributed by atoms with Gasteiger partial charge in [-0.2, -0.15) is 0 Å². The standard InChI is InChI=1S/C10H8BrNO2.ClH/c11-6-1-2-10-8(3-6)9(13)4-7(5-12)14-10;/h1-4H,5,12H2;1H. The van der Waals surface area contributed by atoms with Crippen molar-refractivity contribution < 1.29 is 4.42 Å². The van der Waals surface area contributed by atoms with Crippen molar-refractivity contribution in [2.24, 2.45) is 5.73 Å². The molecule has 5 heteroatoms. The Hall–Kier alpha value is -0.840. The second-order valence-electron chi connectivity index (χ2n) is 2.92. The molecule has 0 spiro atoms. The Morgan fingerprint density at radius 2 is 2.07 bits per heavy atom. The summed E-state index contributed by atoms with van der Waals surface area (Å²) < 4.78 is 6.26. The predicted octanol–water partition coefficient (Wildman–Crippen LogP) is 2.44. The minimum atomic E-state index is -0.0620. The smallest absolute Gasteiger partial charge is 0.193 e. The lowest BCUT2D eigenvalue weighted by atomic mass is 10.2. The maximum absolute atomic E-state index is 11.6. The molecule has 15 heavy (non-hydrogen) atoms. The van der Waals surface area contributed by atoms with E-state index in [0.717, 1.165) is 4.47 Å². The Balaban J connectivity index is 0.00000112. The first-order valence-electron chi connectivity index (χ1n) is 4.13. The Bertz CT molecular complexity index is 538. The van der Waals surface area contributed by atoms with Gasteiger partial charge in [-0.3, -0.25) is 4.79 Å². The summed E-state index contributed by atoms with van der Waals surface area (Å²) in [6.45, 7) is 0.237. The van der Waals surface area contributed by atoms with Gasteiger partial charge in [0, 0.05) is 10.5 Å². The van der Waals surface area contributed by atoms with Crippen molar-refractivity contribution in [3.05, 3.63) is 44.7 Å². The Morgan fingerprint density at radius 1 is 1.33 bits per heavy atom. The highest BCUT2D eigenvalue weighted by Crippen LogP contribution is 2.17. The molecule has 0 fully saturated rings. The van der Waals surface area contributed by atoms with Gasteiger partial charge in [-0.15, -0.1) is 12.4 Å². The van der Waals surface area contributed by atoms with Crippen molar-refractivity contribution >= 4 is 39.3 Å². The van der Waals surface area contributed by atoms with E-state index in [9.17, 15) is 4.79 Å². The van der Waals surface area contributed by atoms with Gasteiger partial charge in [0.2, 0.25) is 0 Å². The Morgan fingerprint density at radius 3 is 2.73 bits per heavy atom. The van der Waals surface area contributed by atoms with Gasteiger partial charge in [0.05, 0.1) is 11.9 Å². The Kier molecular flexibility index (Phi) is 3.90. The van der Waals surface area contributed by atoms with E-state index in [2.05, 4.69) is 15.9 Å². The molecule has 1 heterocycles. The minimum Gasteiger partial charge on any atom is -0.459 e. The number of fused-ring (bicyclic) bond motifs is 1. The number of nitrogens with two attached hydrogens (primary N) is 1. The maximum atomic E-state index is 11.6. The third-order valence-corrected chi connectivity index (χ3v) is 2.43. The monoisotopic (exact) mass is 289 g/mol. The average molecular weight is 291 g/mol. The molecule has 0 bridgehead atoms. The van der Waals surface area contributed by atoms with Crippen LogP contribution >= 0.6 is 28.3 Å². The zero-order valence-electron chi connectivity index (χ0n) is 7.70. The predicted molar refractivity (Wildman–Crippen MR) is 65.3 cm³/mol. The number of hydrogen-bond acceptors (Lipinski definition) is 3. The summed E-state index contributed by atoms with van der Waals surface area (Å²) in [6.07, 6.45) is 0. The highest BCUT2D eigenvalue weighted by Gasteiger charge is 2.03. The average Bonchev–Trinajstić information content (AvgIpc) is 2.19. The van der Waals surface area contributed by atoms with Gasteiger partial charge < -0.3 is 10.2 Å². The molecule has 1 aromatic heterocycles. The van der Waals surface area contributed by atoms with Crippen LogP contribution in [0.3, 0.4) is 0 Å². The molecule has 2 aromatic rings.